The second-order valence-corrected chi connectivity index (χ2v) is 6.87. The number of hydrogen-bond donors (Lipinski definition) is 2. The molecule has 3 aliphatic rings. The van der Waals surface area contributed by atoms with Crippen LogP contribution in [0.4, 0.5) is 5.69 Å². The molecule has 1 aromatic carbocycles. The molecule has 136 valence electrons. The minimum Gasteiger partial charge on any atom is -0.367 e. The first-order chi connectivity index (χ1) is 12.5. The first-order valence-corrected chi connectivity index (χ1v) is 8.84. The number of benzene rings is 1. The Labute approximate surface area is 150 Å². The predicted octanol–water partition coefficient (Wildman–Crippen LogP) is 0.0153. The van der Waals surface area contributed by atoms with E-state index in [4.69, 9.17) is 5.73 Å². The topological polar surface area (TPSA) is 113 Å². The van der Waals surface area contributed by atoms with E-state index in [0.717, 1.165) is 24.3 Å². The van der Waals surface area contributed by atoms with Crippen molar-refractivity contribution in [3.63, 3.8) is 0 Å². The van der Waals surface area contributed by atoms with Crippen molar-refractivity contribution in [2.24, 2.45) is 5.73 Å². The quantitative estimate of drug-likeness (QED) is 0.738. The van der Waals surface area contributed by atoms with Crippen LogP contribution in [-0.4, -0.2) is 53.7 Å². The molecule has 2 fully saturated rings. The summed E-state index contributed by atoms with van der Waals surface area (Å²) in [6.45, 7) is 1.25. The molecule has 3 N–H and O–H groups in total. The van der Waals surface area contributed by atoms with Crippen LogP contribution in [0.1, 0.15) is 46.4 Å². The Balaban J connectivity index is 1.72. The van der Waals surface area contributed by atoms with Gasteiger partial charge >= 0.3 is 0 Å². The number of nitrogens with two attached hydrogens (primary N) is 1. The van der Waals surface area contributed by atoms with Gasteiger partial charge in [-0.15, -0.1) is 0 Å². The minimum absolute atomic E-state index is 0.109. The number of anilines is 1. The van der Waals surface area contributed by atoms with Gasteiger partial charge in [-0.3, -0.25) is 29.4 Å². The van der Waals surface area contributed by atoms with E-state index in [1.165, 1.54) is 0 Å². The van der Waals surface area contributed by atoms with Gasteiger partial charge in [0.25, 0.3) is 11.8 Å². The van der Waals surface area contributed by atoms with Gasteiger partial charge in [-0.05, 0) is 31.4 Å². The molecule has 2 atom stereocenters. The molecule has 0 aromatic heterocycles. The van der Waals surface area contributed by atoms with Crippen molar-refractivity contribution in [2.75, 3.05) is 18.0 Å². The van der Waals surface area contributed by atoms with Gasteiger partial charge in [0, 0.05) is 25.6 Å². The summed E-state index contributed by atoms with van der Waals surface area (Å²) in [4.78, 5) is 52.6. The molecule has 0 bridgehead atoms. The Morgan fingerprint density at radius 1 is 1.12 bits per heavy atom. The molecule has 0 spiro atoms. The maximum Gasteiger partial charge on any atom is 0.264 e. The lowest BCUT2D eigenvalue weighted by Gasteiger charge is -2.29. The highest BCUT2D eigenvalue weighted by Gasteiger charge is 2.46. The largest absolute Gasteiger partial charge is 0.367 e. The summed E-state index contributed by atoms with van der Waals surface area (Å²) < 4.78 is 0. The van der Waals surface area contributed by atoms with E-state index >= 15 is 0 Å². The van der Waals surface area contributed by atoms with Crippen LogP contribution < -0.4 is 16.0 Å². The maximum atomic E-state index is 13.1. The lowest BCUT2D eigenvalue weighted by atomic mass is 10.0. The highest BCUT2D eigenvalue weighted by Crippen LogP contribution is 2.36. The molecule has 0 aliphatic carbocycles. The van der Waals surface area contributed by atoms with Gasteiger partial charge in [0.15, 0.2) is 0 Å². The Hall–Kier alpha value is -2.74. The maximum absolute atomic E-state index is 13.1. The first-order valence-electron chi connectivity index (χ1n) is 8.84. The van der Waals surface area contributed by atoms with Gasteiger partial charge in [0.1, 0.15) is 6.04 Å². The Kier molecular flexibility index (Phi) is 3.99. The van der Waals surface area contributed by atoms with E-state index in [1.54, 1.807) is 12.1 Å². The zero-order chi connectivity index (χ0) is 18.4. The molecular formula is C18H20N4O4. The van der Waals surface area contributed by atoms with E-state index < -0.39 is 23.8 Å². The SMILES string of the molecule is NC[C@H]1CCCN1c1cccc2c1C(=O)N(C1CCC(=O)NC1=O)C2=O. The number of fused-ring (bicyclic) bond motifs is 1. The number of carbonyl (C=O) groups is 4. The third-order valence-electron chi connectivity index (χ3n) is 5.40. The number of rotatable bonds is 3. The number of nitrogens with zero attached hydrogens (tertiary/aromatic N) is 2. The van der Waals surface area contributed by atoms with Crippen LogP contribution in [0.25, 0.3) is 0 Å². The predicted molar refractivity (Wildman–Crippen MR) is 92.5 cm³/mol. The zero-order valence-corrected chi connectivity index (χ0v) is 14.2. The Morgan fingerprint density at radius 2 is 1.92 bits per heavy atom. The summed E-state index contributed by atoms with van der Waals surface area (Å²) in [5.41, 5.74) is 7.19. The second-order valence-electron chi connectivity index (χ2n) is 6.87. The summed E-state index contributed by atoms with van der Waals surface area (Å²) in [6.07, 6.45) is 2.18. The molecule has 26 heavy (non-hydrogen) atoms. The Morgan fingerprint density at radius 3 is 2.65 bits per heavy atom. The van der Waals surface area contributed by atoms with Crippen molar-refractivity contribution in [1.29, 1.82) is 0 Å². The molecule has 8 heteroatoms. The molecule has 1 aromatic rings. The van der Waals surface area contributed by atoms with Crippen molar-refractivity contribution in [2.45, 2.75) is 37.8 Å². The third-order valence-corrected chi connectivity index (χ3v) is 5.40. The van der Waals surface area contributed by atoms with Crippen molar-refractivity contribution >= 4 is 29.3 Å². The fourth-order valence-electron chi connectivity index (χ4n) is 4.13. The van der Waals surface area contributed by atoms with Gasteiger partial charge in [0.05, 0.1) is 16.8 Å². The number of imide groups is 2. The monoisotopic (exact) mass is 356 g/mol. The van der Waals surface area contributed by atoms with Crippen molar-refractivity contribution in [1.82, 2.24) is 10.2 Å². The molecule has 0 radical (unpaired) electrons. The molecular weight excluding hydrogens is 336 g/mol. The van der Waals surface area contributed by atoms with Crippen LogP contribution in [0, 0.1) is 0 Å². The molecule has 3 aliphatic heterocycles. The molecule has 3 heterocycles. The normalized spacial score (nSPS) is 25.7. The third kappa shape index (κ3) is 2.40. The molecule has 4 rings (SSSR count). The van der Waals surface area contributed by atoms with E-state index in [9.17, 15) is 19.2 Å². The average Bonchev–Trinajstić information content (AvgIpc) is 3.19. The molecule has 4 amide bonds. The van der Waals surface area contributed by atoms with E-state index in [-0.39, 0.29) is 24.8 Å². The molecule has 1 unspecified atom stereocenters. The minimum atomic E-state index is -0.947. The van der Waals surface area contributed by atoms with Crippen LogP contribution in [0.5, 0.6) is 0 Å². The summed E-state index contributed by atoms with van der Waals surface area (Å²) >= 11 is 0. The summed E-state index contributed by atoms with van der Waals surface area (Å²) in [7, 11) is 0. The van der Waals surface area contributed by atoms with Crippen LogP contribution in [0.3, 0.4) is 0 Å². The highest BCUT2D eigenvalue weighted by molar-refractivity contribution is 6.25. The standard InChI is InChI=1S/C18H20N4O4/c19-9-10-3-2-8-21(10)12-5-1-4-11-15(12)18(26)22(17(11)25)13-6-7-14(23)20-16(13)24/h1,4-5,10,13H,2-3,6-9,19H2,(H,20,23,24)/t10-,13?/m1/s1. The second kappa shape index (κ2) is 6.21. The smallest absolute Gasteiger partial charge is 0.264 e. The van der Waals surface area contributed by atoms with Crippen LogP contribution in [0.2, 0.25) is 0 Å². The number of carbonyl (C=O) groups excluding carboxylic acids is 4. The van der Waals surface area contributed by atoms with Crippen LogP contribution in [-0.2, 0) is 9.59 Å². The lowest BCUT2D eigenvalue weighted by Crippen LogP contribution is -2.54. The average molecular weight is 356 g/mol. The number of piperidine rings is 1. The zero-order valence-electron chi connectivity index (χ0n) is 14.2. The van der Waals surface area contributed by atoms with E-state index in [0.29, 0.717) is 23.4 Å². The lowest BCUT2D eigenvalue weighted by molar-refractivity contribution is -0.136. The van der Waals surface area contributed by atoms with E-state index in [1.807, 2.05) is 6.07 Å². The van der Waals surface area contributed by atoms with Crippen molar-refractivity contribution in [3.05, 3.63) is 29.3 Å². The van der Waals surface area contributed by atoms with Gasteiger partial charge in [-0.1, -0.05) is 6.07 Å². The van der Waals surface area contributed by atoms with Crippen molar-refractivity contribution < 1.29 is 19.2 Å². The molecule has 0 saturated carbocycles. The molecule has 8 nitrogen and oxygen atoms in total. The van der Waals surface area contributed by atoms with E-state index in [2.05, 4.69) is 10.2 Å². The number of nitrogens with one attached hydrogen (secondary N) is 1. The summed E-state index contributed by atoms with van der Waals surface area (Å²) in [5, 5.41) is 2.21. The first kappa shape index (κ1) is 16.7. The van der Waals surface area contributed by atoms with Crippen LogP contribution >= 0.6 is 0 Å². The van der Waals surface area contributed by atoms with Gasteiger partial charge in [0.2, 0.25) is 11.8 Å². The van der Waals surface area contributed by atoms with Gasteiger partial charge < -0.3 is 10.6 Å². The molecule has 2 saturated heterocycles. The van der Waals surface area contributed by atoms with Gasteiger partial charge in [-0.2, -0.15) is 0 Å². The van der Waals surface area contributed by atoms with Crippen molar-refractivity contribution in [3.8, 4) is 0 Å². The fraction of sp³-hybridized carbons (Fsp3) is 0.444. The number of hydrogen-bond acceptors (Lipinski definition) is 6. The Bertz CT molecular complexity index is 821. The van der Waals surface area contributed by atoms with Crippen LogP contribution in [0.15, 0.2) is 18.2 Å². The summed E-state index contributed by atoms with van der Waals surface area (Å²) in [6, 6.07) is 4.37. The van der Waals surface area contributed by atoms with Gasteiger partial charge in [-0.25, -0.2) is 0 Å². The fourth-order valence-corrected chi connectivity index (χ4v) is 4.13. The number of amides is 4. The highest BCUT2D eigenvalue weighted by atomic mass is 16.2. The summed E-state index contributed by atoms with van der Waals surface area (Å²) in [5.74, 6) is -1.94.